The van der Waals surface area contributed by atoms with Crippen LogP contribution < -0.4 is 0 Å². The topological polar surface area (TPSA) is 0 Å². The Morgan fingerprint density at radius 2 is 1.80 bits per heavy atom. The minimum absolute atomic E-state index is 1.13. The normalized spacial score (nSPS) is 12.9. The average Bonchev–Trinajstić information content (AvgIpc) is 1.89. The Kier molecular flexibility index (Phi) is 6.25. The van der Waals surface area contributed by atoms with Crippen molar-refractivity contribution in [3.63, 3.8) is 0 Å². The maximum absolute atomic E-state index is 2.28. The van der Waals surface area contributed by atoms with Crippen molar-refractivity contribution in [2.24, 2.45) is 0 Å². The fourth-order valence-electron chi connectivity index (χ4n) is 0.868. The molecular weight excluding hydrogens is 120 g/mol. The van der Waals surface area contributed by atoms with Crippen LogP contribution in [0, 0.1) is 0 Å². The van der Waals surface area contributed by atoms with Crippen molar-refractivity contribution in [3.8, 4) is 0 Å². The molecule has 0 rings (SSSR count). The second-order valence-corrected chi connectivity index (χ2v) is 2.54. The van der Waals surface area contributed by atoms with Crippen molar-refractivity contribution < 1.29 is 0 Å². The van der Waals surface area contributed by atoms with Gasteiger partial charge in [0.2, 0.25) is 0 Å². The SMILES string of the molecule is CC/C=C\C/C(C)=C\CC. The van der Waals surface area contributed by atoms with Gasteiger partial charge in [0.1, 0.15) is 0 Å². The van der Waals surface area contributed by atoms with Gasteiger partial charge >= 0.3 is 0 Å². The second-order valence-electron chi connectivity index (χ2n) is 2.54. The third kappa shape index (κ3) is 5.61. The van der Waals surface area contributed by atoms with E-state index in [1.54, 1.807) is 0 Å². The Balaban J connectivity index is 3.48. The van der Waals surface area contributed by atoms with E-state index in [9.17, 15) is 0 Å². The standard InChI is InChI=1S/C10H18/c1-4-6-7-9-10(3)8-5-2/h6-8H,4-5,9H2,1-3H3/b7-6-,10-8-. The maximum Gasteiger partial charge on any atom is -0.0142 e. The lowest BCUT2D eigenvalue weighted by Crippen LogP contribution is -1.71. The first-order chi connectivity index (χ1) is 4.81. The Morgan fingerprint density at radius 3 is 2.30 bits per heavy atom. The largest absolute Gasteiger partial charge is 0.0885 e. The van der Waals surface area contributed by atoms with Crippen LogP contribution in [0.4, 0.5) is 0 Å². The van der Waals surface area contributed by atoms with Crippen molar-refractivity contribution in [1.29, 1.82) is 0 Å². The van der Waals surface area contributed by atoms with Crippen LogP contribution in [0.5, 0.6) is 0 Å². The molecule has 0 aromatic carbocycles. The summed E-state index contributed by atoms with van der Waals surface area (Å²) in [5, 5.41) is 0. The Morgan fingerprint density at radius 1 is 1.10 bits per heavy atom. The maximum atomic E-state index is 2.28. The van der Waals surface area contributed by atoms with E-state index in [4.69, 9.17) is 0 Å². The number of allylic oxidation sites excluding steroid dienone is 4. The minimum atomic E-state index is 1.13. The molecule has 0 N–H and O–H groups in total. The molecule has 0 atom stereocenters. The molecule has 10 heavy (non-hydrogen) atoms. The van der Waals surface area contributed by atoms with Gasteiger partial charge in [-0.3, -0.25) is 0 Å². The van der Waals surface area contributed by atoms with Crippen LogP contribution in [0.2, 0.25) is 0 Å². The minimum Gasteiger partial charge on any atom is -0.0885 e. The first-order valence-corrected chi connectivity index (χ1v) is 4.11. The highest BCUT2D eigenvalue weighted by atomic mass is 13.9. The van der Waals surface area contributed by atoms with Crippen molar-refractivity contribution in [1.82, 2.24) is 0 Å². The molecule has 0 aliphatic rings. The van der Waals surface area contributed by atoms with Gasteiger partial charge in [-0.25, -0.2) is 0 Å². The molecule has 0 saturated heterocycles. The quantitative estimate of drug-likeness (QED) is 0.520. The van der Waals surface area contributed by atoms with Crippen LogP contribution in [0.3, 0.4) is 0 Å². The summed E-state index contributed by atoms with van der Waals surface area (Å²) in [4.78, 5) is 0. The summed E-state index contributed by atoms with van der Waals surface area (Å²) in [6.07, 6.45) is 10.2. The molecule has 0 aromatic rings. The van der Waals surface area contributed by atoms with E-state index in [-0.39, 0.29) is 0 Å². The number of rotatable bonds is 4. The third-order valence-corrected chi connectivity index (χ3v) is 1.39. The molecule has 0 fully saturated rings. The van der Waals surface area contributed by atoms with Crippen LogP contribution in [-0.2, 0) is 0 Å². The van der Waals surface area contributed by atoms with E-state index in [0.717, 1.165) is 19.3 Å². The Bertz CT molecular complexity index is 118. The molecule has 0 bridgehead atoms. The van der Waals surface area contributed by atoms with Gasteiger partial charge in [-0.1, -0.05) is 37.6 Å². The molecule has 0 radical (unpaired) electrons. The smallest absolute Gasteiger partial charge is 0.0142 e. The first kappa shape index (κ1) is 9.48. The highest BCUT2D eigenvalue weighted by Crippen LogP contribution is 2.02. The molecule has 0 aliphatic heterocycles. The van der Waals surface area contributed by atoms with E-state index < -0.39 is 0 Å². The molecule has 0 aromatic heterocycles. The molecule has 0 nitrogen and oxygen atoms in total. The summed E-state index contributed by atoms with van der Waals surface area (Å²) < 4.78 is 0. The zero-order valence-electron chi connectivity index (χ0n) is 7.35. The fraction of sp³-hybridized carbons (Fsp3) is 0.600. The first-order valence-electron chi connectivity index (χ1n) is 4.11. The summed E-state index contributed by atoms with van der Waals surface area (Å²) in [5.74, 6) is 0. The number of hydrogen-bond donors (Lipinski definition) is 0. The molecular formula is C10H18. The predicted molar refractivity (Wildman–Crippen MR) is 48.1 cm³/mol. The molecule has 58 valence electrons. The van der Waals surface area contributed by atoms with Gasteiger partial charge < -0.3 is 0 Å². The average molecular weight is 138 g/mol. The van der Waals surface area contributed by atoms with Gasteiger partial charge in [0, 0.05) is 0 Å². The van der Waals surface area contributed by atoms with Crippen LogP contribution in [0.1, 0.15) is 40.0 Å². The van der Waals surface area contributed by atoms with Gasteiger partial charge in [-0.15, -0.1) is 0 Å². The molecule has 0 heterocycles. The van der Waals surface area contributed by atoms with E-state index in [0.29, 0.717) is 0 Å². The summed E-state index contributed by atoms with van der Waals surface area (Å²) in [6.45, 7) is 6.52. The lowest BCUT2D eigenvalue weighted by atomic mass is 10.2. The molecule has 0 unspecified atom stereocenters. The summed E-state index contributed by atoms with van der Waals surface area (Å²) in [6, 6.07) is 0. The van der Waals surface area contributed by atoms with Crippen LogP contribution in [-0.4, -0.2) is 0 Å². The van der Waals surface area contributed by atoms with Crippen LogP contribution in [0.15, 0.2) is 23.8 Å². The van der Waals surface area contributed by atoms with Gasteiger partial charge in [0.05, 0.1) is 0 Å². The van der Waals surface area contributed by atoms with Gasteiger partial charge in [-0.2, -0.15) is 0 Å². The molecule has 0 aliphatic carbocycles. The van der Waals surface area contributed by atoms with Gasteiger partial charge in [0.25, 0.3) is 0 Å². The van der Waals surface area contributed by atoms with E-state index in [1.165, 1.54) is 5.57 Å². The second kappa shape index (κ2) is 6.60. The predicted octanol–water partition coefficient (Wildman–Crippen LogP) is 3.70. The fourth-order valence-corrected chi connectivity index (χ4v) is 0.868. The van der Waals surface area contributed by atoms with Crippen LogP contribution >= 0.6 is 0 Å². The van der Waals surface area contributed by atoms with Crippen molar-refractivity contribution in [2.75, 3.05) is 0 Å². The Labute approximate surface area is 64.6 Å². The summed E-state index contributed by atoms with van der Waals surface area (Å²) >= 11 is 0. The van der Waals surface area contributed by atoms with E-state index in [2.05, 4.69) is 39.0 Å². The molecule has 0 amide bonds. The van der Waals surface area contributed by atoms with Gasteiger partial charge in [-0.05, 0) is 26.2 Å². The van der Waals surface area contributed by atoms with Gasteiger partial charge in [0.15, 0.2) is 0 Å². The number of hydrogen-bond acceptors (Lipinski definition) is 0. The Hall–Kier alpha value is -0.520. The zero-order chi connectivity index (χ0) is 7.82. The zero-order valence-corrected chi connectivity index (χ0v) is 7.35. The highest BCUT2D eigenvalue weighted by molar-refractivity contribution is 5.03. The summed E-state index contributed by atoms with van der Waals surface area (Å²) in [7, 11) is 0. The lowest BCUT2D eigenvalue weighted by Gasteiger charge is -1.92. The van der Waals surface area contributed by atoms with Crippen LogP contribution in [0.25, 0.3) is 0 Å². The highest BCUT2D eigenvalue weighted by Gasteiger charge is 1.81. The van der Waals surface area contributed by atoms with Crippen molar-refractivity contribution in [3.05, 3.63) is 23.8 Å². The van der Waals surface area contributed by atoms with Crippen molar-refractivity contribution in [2.45, 2.75) is 40.0 Å². The molecule has 0 spiro atoms. The van der Waals surface area contributed by atoms with Crippen molar-refractivity contribution >= 4 is 0 Å². The van der Waals surface area contributed by atoms with E-state index >= 15 is 0 Å². The molecule has 0 heteroatoms. The lowest BCUT2D eigenvalue weighted by molar-refractivity contribution is 1.11. The third-order valence-electron chi connectivity index (χ3n) is 1.39. The van der Waals surface area contributed by atoms with E-state index in [1.807, 2.05) is 0 Å². The monoisotopic (exact) mass is 138 g/mol. The summed E-state index contributed by atoms with van der Waals surface area (Å²) in [5.41, 5.74) is 1.48. The molecule has 0 saturated carbocycles.